The second kappa shape index (κ2) is 13.3. The Morgan fingerprint density at radius 1 is 1.04 bits per heavy atom. The van der Waals surface area contributed by atoms with E-state index in [9.17, 15) is 18.0 Å². The maximum atomic E-state index is 14.7. The maximum Gasteiger partial charge on any atom is 0.247 e. The van der Waals surface area contributed by atoms with Gasteiger partial charge in [-0.05, 0) is 24.6 Å². The van der Waals surface area contributed by atoms with Crippen LogP contribution in [0.1, 0.15) is 24.4 Å². The van der Waals surface area contributed by atoms with E-state index >= 15 is 0 Å². The summed E-state index contributed by atoms with van der Waals surface area (Å²) >= 11 is 0. The van der Waals surface area contributed by atoms with Crippen LogP contribution in [-0.4, -0.2) is 79.9 Å². The number of benzene rings is 2. The quantitative estimate of drug-likeness (QED) is 0.260. The number of ether oxygens (including phenoxy) is 2. The van der Waals surface area contributed by atoms with Crippen LogP contribution in [0.4, 0.5) is 41.9 Å². The van der Waals surface area contributed by atoms with Gasteiger partial charge in [0, 0.05) is 56.3 Å². The fraction of sp³-hybridized carbons (Fsp3) is 0.387. The molecule has 0 spiro atoms. The number of amides is 1. The van der Waals surface area contributed by atoms with Gasteiger partial charge in [-0.25, -0.2) is 28.2 Å². The standard InChI is InChI=1S/C31H34F3N7O4/c1-3-29(42)38-22-14-23(26(43-2)15-25(22)40-8-6-19(17-40)39-9-12-44-13-10-39)37-27-16-28(36-18-35-27)41-24(7-11-45-41)20-4-5-21(32)31(34)30(20)33/h3-5,14-16,18-19,24H,1,6-13,17H2,2H3,(H,38,42)(H,35,36,37)/t19-,24+/m0/s1. The third-order valence-corrected chi connectivity index (χ3v) is 8.30. The fourth-order valence-corrected chi connectivity index (χ4v) is 6.03. The summed E-state index contributed by atoms with van der Waals surface area (Å²) in [6.07, 6.45) is 3.82. The van der Waals surface area contributed by atoms with Crippen LogP contribution in [0.3, 0.4) is 0 Å². The van der Waals surface area contributed by atoms with Crippen LogP contribution in [0.15, 0.2) is 49.3 Å². The summed E-state index contributed by atoms with van der Waals surface area (Å²) in [5, 5.41) is 7.50. The van der Waals surface area contributed by atoms with E-state index in [1.165, 1.54) is 23.5 Å². The smallest absolute Gasteiger partial charge is 0.247 e. The molecular formula is C31H34F3N7O4. The first kappa shape index (κ1) is 30.6. The van der Waals surface area contributed by atoms with E-state index in [4.69, 9.17) is 14.3 Å². The Morgan fingerprint density at radius 2 is 1.87 bits per heavy atom. The minimum absolute atomic E-state index is 0.0443. The van der Waals surface area contributed by atoms with Crippen molar-refractivity contribution in [3.8, 4) is 5.75 Å². The number of hydrogen-bond acceptors (Lipinski definition) is 10. The van der Waals surface area contributed by atoms with Gasteiger partial charge in [0.1, 0.15) is 17.9 Å². The van der Waals surface area contributed by atoms with E-state index in [-0.39, 0.29) is 23.9 Å². The van der Waals surface area contributed by atoms with E-state index < -0.39 is 23.5 Å². The number of carbonyl (C=O) groups excluding carboxylic acids is 1. The van der Waals surface area contributed by atoms with Crippen molar-refractivity contribution in [1.29, 1.82) is 0 Å². The molecule has 14 heteroatoms. The second-order valence-electron chi connectivity index (χ2n) is 10.9. The first-order valence-corrected chi connectivity index (χ1v) is 14.7. The number of halogens is 3. The van der Waals surface area contributed by atoms with Crippen LogP contribution in [-0.2, 0) is 14.4 Å². The van der Waals surface area contributed by atoms with Gasteiger partial charge in [0.05, 0.1) is 50.0 Å². The molecule has 1 amide bonds. The van der Waals surface area contributed by atoms with Gasteiger partial charge >= 0.3 is 0 Å². The first-order valence-electron chi connectivity index (χ1n) is 14.7. The van der Waals surface area contributed by atoms with Crippen molar-refractivity contribution in [2.45, 2.75) is 24.9 Å². The molecule has 2 aromatic carbocycles. The summed E-state index contributed by atoms with van der Waals surface area (Å²) < 4.78 is 53.5. The Hall–Kier alpha value is -4.40. The largest absolute Gasteiger partial charge is 0.494 e. The van der Waals surface area contributed by atoms with Crippen molar-refractivity contribution in [2.24, 2.45) is 0 Å². The predicted octanol–water partition coefficient (Wildman–Crippen LogP) is 4.56. The molecular weight excluding hydrogens is 591 g/mol. The van der Waals surface area contributed by atoms with Crippen LogP contribution >= 0.6 is 0 Å². The van der Waals surface area contributed by atoms with Crippen molar-refractivity contribution in [1.82, 2.24) is 14.9 Å². The van der Waals surface area contributed by atoms with Crippen LogP contribution in [0, 0.1) is 17.5 Å². The average molecular weight is 626 g/mol. The first-order chi connectivity index (χ1) is 21.9. The number of nitrogens with one attached hydrogen (secondary N) is 2. The molecule has 238 valence electrons. The zero-order chi connectivity index (χ0) is 31.5. The molecule has 0 bridgehead atoms. The molecule has 6 rings (SSSR count). The monoisotopic (exact) mass is 625 g/mol. The lowest BCUT2D eigenvalue weighted by atomic mass is 10.0. The molecule has 0 unspecified atom stereocenters. The minimum atomic E-state index is -1.54. The van der Waals surface area contributed by atoms with Crippen molar-refractivity contribution in [3.63, 3.8) is 0 Å². The predicted molar refractivity (Wildman–Crippen MR) is 162 cm³/mol. The normalized spacial score (nSPS) is 20.4. The van der Waals surface area contributed by atoms with E-state index in [0.717, 1.165) is 57.6 Å². The molecule has 0 radical (unpaired) electrons. The van der Waals surface area contributed by atoms with Gasteiger partial charge < -0.3 is 25.0 Å². The Labute approximate surface area is 258 Å². The number of hydroxylamine groups is 1. The highest BCUT2D eigenvalue weighted by Gasteiger charge is 2.33. The van der Waals surface area contributed by atoms with Crippen LogP contribution in [0.5, 0.6) is 5.75 Å². The molecule has 3 aliphatic rings. The van der Waals surface area contributed by atoms with Gasteiger partial charge in [-0.15, -0.1) is 0 Å². The van der Waals surface area contributed by atoms with E-state index in [2.05, 4.69) is 37.0 Å². The summed E-state index contributed by atoms with van der Waals surface area (Å²) in [7, 11) is 1.55. The van der Waals surface area contributed by atoms with Crippen molar-refractivity contribution in [3.05, 3.63) is 72.3 Å². The fourth-order valence-electron chi connectivity index (χ4n) is 6.03. The Bertz CT molecular complexity index is 1570. The molecule has 11 nitrogen and oxygen atoms in total. The van der Waals surface area contributed by atoms with Crippen LogP contribution < -0.4 is 25.3 Å². The zero-order valence-electron chi connectivity index (χ0n) is 24.8. The number of hydrogen-bond donors (Lipinski definition) is 2. The van der Waals surface area contributed by atoms with Crippen LogP contribution in [0.25, 0.3) is 0 Å². The van der Waals surface area contributed by atoms with Gasteiger partial charge in [-0.1, -0.05) is 12.6 Å². The number of rotatable bonds is 9. The Kier molecular flexibility index (Phi) is 9.05. The number of anilines is 5. The SMILES string of the molecule is C=CC(=O)Nc1cc(Nc2cc(N3OCC[C@@H]3c3ccc(F)c(F)c3F)ncn2)c(OC)cc1N1CC[C@H](N2CCOCC2)C1. The molecule has 3 aliphatic heterocycles. The highest BCUT2D eigenvalue weighted by molar-refractivity contribution is 6.02. The topological polar surface area (TPSA) is 104 Å². The van der Waals surface area contributed by atoms with Gasteiger partial charge in [0.2, 0.25) is 5.91 Å². The summed E-state index contributed by atoms with van der Waals surface area (Å²) in [5.41, 5.74) is 1.85. The number of nitrogens with zero attached hydrogens (tertiary/aromatic N) is 5. The summed E-state index contributed by atoms with van der Waals surface area (Å²) in [6.45, 7) is 8.64. The van der Waals surface area contributed by atoms with E-state index in [1.807, 2.05) is 6.07 Å². The van der Waals surface area contributed by atoms with Gasteiger partial charge in [-0.3, -0.25) is 14.5 Å². The molecule has 2 N–H and O–H groups in total. The van der Waals surface area contributed by atoms with Crippen molar-refractivity contribution >= 4 is 34.6 Å². The summed E-state index contributed by atoms with van der Waals surface area (Å²) in [4.78, 5) is 31.4. The van der Waals surface area contributed by atoms with Gasteiger partial charge in [0.15, 0.2) is 23.3 Å². The van der Waals surface area contributed by atoms with E-state index in [0.29, 0.717) is 35.4 Å². The molecule has 3 fully saturated rings. The van der Waals surface area contributed by atoms with Crippen molar-refractivity contribution in [2.75, 3.05) is 73.7 Å². The van der Waals surface area contributed by atoms with Gasteiger partial charge in [0.25, 0.3) is 0 Å². The highest BCUT2D eigenvalue weighted by atomic mass is 19.2. The third kappa shape index (κ3) is 6.39. The lowest BCUT2D eigenvalue weighted by molar-refractivity contribution is -0.111. The molecule has 3 saturated heterocycles. The maximum absolute atomic E-state index is 14.7. The molecule has 0 aliphatic carbocycles. The molecule has 4 heterocycles. The lowest BCUT2D eigenvalue weighted by Gasteiger charge is -2.32. The van der Waals surface area contributed by atoms with Gasteiger partial charge in [-0.2, -0.15) is 0 Å². The van der Waals surface area contributed by atoms with E-state index in [1.54, 1.807) is 19.2 Å². The molecule has 1 aromatic heterocycles. The lowest BCUT2D eigenvalue weighted by Crippen LogP contribution is -2.44. The molecule has 3 aromatic rings. The van der Waals surface area contributed by atoms with Crippen LogP contribution in [0.2, 0.25) is 0 Å². The molecule has 0 saturated carbocycles. The number of carbonyl (C=O) groups is 1. The highest BCUT2D eigenvalue weighted by Crippen LogP contribution is 2.41. The van der Waals surface area contributed by atoms with Crippen molar-refractivity contribution < 1.29 is 32.3 Å². The second-order valence-corrected chi connectivity index (χ2v) is 10.9. The summed E-state index contributed by atoms with van der Waals surface area (Å²) in [6, 6.07) is 6.95. The molecule has 2 atom stereocenters. The zero-order valence-corrected chi connectivity index (χ0v) is 24.8. The summed E-state index contributed by atoms with van der Waals surface area (Å²) in [5.74, 6) is -3.29. The Morgan fingerprint density at radius 3 is 2.64 bits per heavy atom. The Balaban J connectivity index is 1.27. The number of methoxy groups -OCH3 is 1. The number of morpholine rings is 1. The third-order valence-electron chi connectivity index (χ3n) is 8.30. The minimum Gasteiger partial charge on any atom is -0.494 e. The number of aromatic nitrogens is 2. The average Bonchev–Trinajstić information content (AvgIpc) is 3.75. The molecule has 45 heavy (non-hydrogen) atoms.